The van der Waals surface area contributed by atoms with E-state index in [0.29, 0.717) is 17.8 Å². The number of para-hydroxylation sites is 1. The Bertz CT molecular complexity index is 654. The van der Waals surface area contributed by atoms with Crippen molar-refractivity contribution in [2.24, 2.45) is 0 Å². The summed E-state index contributed by atoms with van der Waals surface area (Å²) in [6, 6.07) is 6.43. The molecule has 3 N–H and O–H groups in total. The number of hydrogen-bond donors (Lipinski definition) is 3. The van der Waals surface area contributed by atoms with E-state index in [1.165, 1.54) is 11.3 Å². The van der Waals surface area contributed by atoms with E-state index >= 15 is 0 Å². The van der Waals surface area contributed by atoms with Crippen molar-refractivity contribution < 1.29 is 14.7 Å². The lowest BCUT2D eigenvalue weighted by Crippen LogP contribution is -2.28. The lowest BCUT2D eigenvalue weighted by Gasteiger charge is -2.10. The van der Waals surface area contributed by atoms with E-state index in [1.807, 2.05) is 12.3 Å². The van der Waals surface area contributed by atoms with Crippen LogP contribution in [0.25, 0.3) is 0 Å². The first-order valence-electron chi connectivity index (χ1n) is 6.30. The van der Waals surface area contributed by atoms with Gasteiger partial charge in [-0.25, -0.2) is 9.78 Å². The van der Waals surface area contributed by atoms with Gasteiger partial charge in [0.15, 0.2) is 0 Å². The number of anilines is 1. The number of carboxylic acid groups (broad SMARTS) is 1. The monoisotopic (exact) mass is 305 g/mol. The molecule has 21 heavy (non-hydrogen) atoms. The fraction of sp³-hybridized carbons (Fsp3) is 0.214. The van der Waals surface area contributed by atoms with Crippen molar-refractivity contribution in [3.63, 3.8) is 0 Å². The molecule has 0 unspecified atom stereocenters. The third kappa shape index (κ3) is 4.57. The second-order valence-electron chi connectivity index (χ2n) is 4.39. The third-order valence-corrected chi connectivity index (χ3v) is 3.53. The average molecular weight is 305 g/mol. The van der Waals surface area contributed by atoms with Crippen LogP contribution in [0.5, 0.6) is 0 Å². The molecule has 0 spiro atoms. The van der Waals surface area contributed by atoms with E-state index in [9.17, 15) is 9.59 Å². The number of carboxylic acids is 1. The largest absolute Gasteiger partial charge is 0.481 e. The van der Waals surface area contributed by atoms with Crippen molar-refractivity contribution in [1.29, 1.82) is 0 Å². The minimum atomic E-state index is -0.942. The molecule has 0 aliphatic carbocycles. The van der Waals surface area contributed by atoms with Gasteiger partial charge in [-0.05, 0) is 18.6 Å². The average Bonchev–Trinajstić information content (AvgIpc) is 2.84. The van der Waals surface area contributed by atoms with Crippen LogP contribution >= 0.6 is 11.3 Å². The number of hydrogen-bond acceptors (Lipinski definition) is 4. The van der Waals surface area contributed by atoms with Crippen LogP contribution < -0.4 is 10.6 Å². The number of thiazole rings is 1. The van der Waals surface area contributed by atoms with E-state index in [0.717, 1.165) is 10.7 Å². The summed E-state index contributed by atoms with van der Waals surface area (Å²) in [5, 5.41) is 17.0. The molecule has 2 amide bonds. The number of aryl methyl sites for hydroxylation is 1. The number of rotatable bonds is 5. The maximum atomic E-state index is 11.8. The molecule has 1 aromatic heterocycles. The third-order valence-electron chi connectivity index (χ3n) is 2.70. The summed E-state index contributed by atoms with van der Waals surface area (Å²) in [4.78, 5) is 26.9. The van der Waals surface area contributed by atoms with Crippen molar-refractivity contribution in [2.75, 3.05) is 5.32 Å². The minimum absolute atomic E-state index is 0.137. The predicted molar refractivity (Wildman–Crippen MR) is 80.5 cm³/mol. The summed E-state index contributed by atoms with van der Waals surface area (Å²) in [5.41, 5.74) is 1.85. The van der Waals surface area contributed by atoms with Crippen LogP contribution in [0.4, 0.5) is 10.5 Å². The highest BCUT2D eigenvalue weighted by Crippen LogP contribution is 2.15. The molecule has 0 fully saturated rings. The number of amides is 2. The number of nitrogens with zero attached hydrogens (tertiary/aromatic N) is 1. The molecule has 0 radical (unpaired) electrons. The number of aliphatic carboxylic acids is 1. The molecule has 0 aliphatic heterocycles. The fourth-order valence-electron chi connectivity index (χ4n) is 1.79. The topological polar surface area (TPSA) is 91.3 Å². The number of carbonyl (C=O) groups is 2. The molecular formula is C14H15N3O3S. The van der Waals surface area contributed by atoms with Crippen LogP contribution in [0.2, 0.25) is 0 Å². The first-order valence-corrected chi connectivity index (χ1v) is 7.18. The second-order valence-corrected chi connectivity index (χ2v) is 5.46. The second kappa shape index (κ2) is 6.85. The molecule has 2 aromatic rings. The van der Waals surface area contributed by atoms with Crippen LogP contribution in [0.15, 0.2) is 29.6 Å². The van der Waals surface area contributed by atoms with Gasteiger partial charge in [0.2, 0.25) is 0 Å². The minimum Gasteiger partial charge on any atom is -0.481 e. The molecule has 0 atom stereocenters. The first kappa shape index (κ1) is 15.0. The highest BCUT2D eigenvalue weighted by molar-refractivity contribution is 7.09. The number of carbonyl (C=O) groups excluding carboxylic acids is 1. The maximum Gasteiger partial charge on any atom is 0.319 e. The summed E-state index contributed by atoms with van der Waals surface area (Å²) in [6.45, 7) is 2.23. The molecule has 1 heterocycles. The van der Waals surface area contributed by atoms with E-state index in [4.69, 9.17) is 5.11 Å². The SMILES string of the molecule is Cc1nc(CNC(=O)Nc2ccccc2CC(=O)O)cs1. The smallest absolute Gasteiger partial charge is 0.319 e. The Kier molecular flexibility index (Phi) is 4.89. The zero-order valence-electron chi connectivity index (χ0n) is 11.4. The molecule has 6 nitrogen and oxygen atoms in total. The summed E-state index contributed by atoms with van der Waals surface area (Å²) in [7, 11) is 0. The van der Waals surface area contributed by atoms with Gasteiger partial charge in [0.25, 0.3) is 0 Å². The molecule has 110 valence electrons. The highest BCUT2D eigenvalue weighted by atomic mass is 32.1. The van der Waals surface area contributed by atoms with E-state index < -0.39 is 12.0 Å². The van der Waals surface area contributed by atoms with Crippen LogP contribution in [0, 0.1) is 6.92 Å². The highest BCUT2D eigenvalue weighted by Gasteiger charge is 2.09. The molecule has 0 saturated carbocycles. The Balaban J connectivity index is 1.94. The van der Waals surface area contributed by atoms with Crippen LogP contribution in [0.3, 0.4) is 0 Å². The Morgan fingerprint density at radius 2 is 2.10 bits per heavy atom. The van der Waals surface area contributed by atoms with E-state index in [2.05, 4.69) is 15.6 Å². The number of nitrogens with one attached hydrogen (secondary N) is 2. The van der Waals surface area contributed by atoms with Gasteiger partial charge < -0.3 is 15.7 Å². The zero-order valence-corrected chi connectivity index (χ0v) is 12.2. The van der Waals surface area contributed by atoms with Crippen LogP contribution in [0.1, 0.15) is 16.3 Å². The number of benzene rings is 1. The summed E-state index contributed by atoms with van der Waals surface area (Å²) < 4.78 is 0. The standard InChI is InChI=1S/C14H15N3O3S/c1-9-16-11(8-21-9)7-15-14(20)17-12-5-3-2-4-10(12)6-13(18)19/h2-5,8H,6-7H2,1H3,(H,18,19)(H2,15,17,20). The van der Waals surface area contributed by atoms with Crippen molar-refractivity contribution in [1.82, 2.24) is 10.3 Å². The van der Waals surface area contributed by atoms with Gasteiger partial charge >= 0.3 is 12.0 Å². The molecule has 0 saturated heterocycles. The van der Waals surface area contributed by atoms with Gasteiger partial charge in [-0.1, -0.05) is 18.2 Å². The van der Waals surface area contributed by atoms with Crippen molar-refractivity contribution >= 4 is 29.0 Å². The molecule has 7 heteroatoms. The molecule has 0 bridgehead atoms. The lowest BCUT2D eigenvalue weighted by atomic mass is 10.1. The Labute approximate surface area is 125 Å². The van der Waals surface area contributed by atoms with Crippen LogP contribution in [-0.4, -0.2) is 22.1 Å². The quantitative estimate of drug-likeness (QED) is 0.791. The normalized spacial score (nSPS) is 10.1. The summed E-state index contributed by atoms with van der Waals surface area (Å²) in [5.74, 6) is -0.942. The number of aromatic nitrogens is 1. The Hall–Kier alpha value is -2.41. The van der Waals surface area contributed by atoms with Crippen molar-refractivity contribution in [2.45, 2.75) is 19.9 Å². The van der Waals surface area contributed by atoms with Crippen LogP contribution in [-0.2, 0) is 17.8 Å². The Morgan fingerprint density at radius 3 is 2.76 bits per heavy atom. The van der Waals surface area contributed by atoms with Gasteiger partial charge in [0, 0.05) is 11.1 Å². The molecular weight excluding hydrogens is 290 g/mol. The molecule has 0 aliphatic rings. The van der Waals surface area contributed by atoms with Gasteiger partial charge in [-0.15, -0.1) is 11.3 Å². The van der Waals surface area contributed by atoms with E-state index in [1.54, 1.807) is 24.3 Å². The van der Waals surface area contributed by atoms with Gasteiger partial charge in [-0.2, -0.15) is 0 Å². The first-order chi connectivity index (χ1) is 10.0. The maximum absolute atomic E-state index is 11.8. The summed E-state index contributed by atoms with van der Waals surface area (Å²) in [6.07, 6.45) is -0.137. The van der Waals surface area contributed by atoms with Crippen molar-refractivity contribution in [3.8, 4) is 0 Å². The van der Waals surface area contributed by atoms with E-state index in [-0.39, 0.29) is 6.42 Å². The lowest BCUT2D eigenvalue weighted by molar-refractivity contribution is -0.136. The number of urea groups is 1. The zero-order chi connectivity index (χ0) is 15.2. The summed E-state index contributed by atoms with van der Waals surface area (Å²) >= 11 is 1.52. The van der Waals surface area contributed by atoms with Gasteiger partial charge in [0.1, 0.15) is 0 Å². The predicted octanol–water partition coefficient (Wildman–Crippen LogP) is 2.40. The Morgan fingerprint density at radius 1 is 1.33 bits per heavy atom. The van der Waals surface area contributed by atoms with Gasteiger partial charge in [-0.3, -0.25) is 4.79 Å². The molecule has 2 rings (SSSR count). The van der Waals surface area contributed by atoms with Gasteiger partial charge in [0.05, 0.1) is 23.7 Å². The van der Waals surface area contributed by atoms with Crippen molar-refractivity contribution in [3.05, 3.63) is 45.9 Å². The molecule has 1 aromatic carbocycles. The fourth-order valence-corrected chi connectivity index (χ4v) is 2.40.